The molecule has 1 amide bonds. The minimum atomic E-state index is -0.643. The molecule has 24 heavy (non-hydrogen) atoms. The van der Waals surface area contributed by atoms with Crippen LogP contribution in [0, 0.1) is 0 Å². The van der Waals surface area contributed by atoms with Gasteiger partial charge in [0.25, 0.3) is 0 Å². The summed E-state index contributed by atoms with van der Waals surface area (Å²) in [5.74, 6) is 0.575. The van der Waals surface area contributed by atoms with E-state index < -0.39 is 11.7 Å². The first-order chi connectivity index (χ1) is 11.2. The summed E-state index contributed by atoms with van der Waals surface area (Å²) in [4.78, 5) is 13.8. The second kappa shape index (κ2) is 7.62. The second-order valence-corrected chi connectivity index (χ2v) is 7.50. The third-order valence-electron chi connectivity index (χ3n) is 3.83. The van der Waals surface area contributed by atoms with Crippen LogP contribution in [0.3, 0.4) is 0 Å². The number of hydrogen-bond donors (Lipinski definition) is 1. The molecule has 2 rings (SSSR count). The predicted octanol–water partition coefficient (Wildman–Crippen LogP) is 4.17. The summed E-state index contributed by atoms with van der Waals surface area (Å²) in [5, 5.41) is 10.2. The number of benzene rings is 1. The first kappa shape index (κ1) is 18.9. The molecule has 0 aliphatic carbocycles. The maximum absolute atomic E-state index is 12.1. The molecule has 0 spiro atoms. The lowest BCUT2D eigenvalue weighted by Crippen LogP contribution is -2.44. The molecule has 1 aliphatic heterocycles. The Morgan fingerprint density at radius 2 is 1.96 bits per heavy atom. The van der Waals surface area contributed by atoms with Gasteiger partial charge >= 0.3 is 6.09 Å². The number of aliphatic hydroxyl groups is 1. The number of rotatable bonds is 3. The monoisotopic (exact) mass is 355 g/mol. The van der Waals surface area contributed by atoms with Crippen molar-refractivity contribution in [1.29, 1.82) is 0 Å². The van der Waals surface area contributed by atoms with Crippen LogP contribution in [0.5, 0.6) is 5.75 Å². The molecule has 1 heterocycles. The largest absolute Gasteiger partial charge is 0.489 e. The summed E-state index contributed by atoms with van der Waals surface area (Å²) in [6.45, 7) is 8.43. The van der Waals surface area contributed by atoms with Crippen LogP contribution < -0.4 is 4.74 Å². The van der Waals surface area contributed by atoms with Gasteiger partial charge in [-0.05, 0) is 33.8 Å². The second-order valence-electron chi connectivity index (χ2n) is 7.12. The van der Waals surface area contributed by atoms with Crippen molar-refractivity contribution in [1.82, 2.24) is 4.90 Å². The molecule has 0 radical (unpaired) electrons. The fraction of sp³-hybridized carbons (Fsp3) is 0.611. The first-order valence-electron chi connectivity index (χ1n) is 8.28. The summed E-state index contributed by atoms with van der Waals surface area (Å²) in [6, 6.07) is 5.40. The normalized spacial score (nSPS) is 17.5. The van der Waals surface area contributed by atoms with E-state index in [-0.39, 0.29) is 12.2 Å². The quantitative estimate of drug-likeness (QED) is 0.883. The summed E-state index contributed by atoms with van der Waals surface area (Å²) in [5.41, 5.74) is 0.166. The predicted molar refractivity (Wildman–Crippen MR) is 93.5 cm³/mol. The maximum Gasteiger partial charge on any atom is 0.410 e. The molecule has 1 saturated heterocycles. The van der Waals surface area contributed by atoms with Crippen LogP contribution in [0.2, 0.25) is 5.02 Å². The molecular weight excluding hydrogens is 330 g/mol. The van der Waals surface area contributed by atoms with Crippen molar-refractivity contribution in [3.63, 3.8) is 0 Å². The Morgan fingerprint density at radius 1 is 1.33 bits per heavy atom. The number of amides is 1. The smallest absolute Gasteiger partial charge is 0.410 e. The van der Waals surface area contributed by atoms with Crippen LogP contribution in [0.15, 0.2) is 18.2 Å². The SMILES string of the molecule is CC(O)c1cccc(OC2CCN(C(=O)OC(C)(C)C)CC2)c1Cl. The number of likely N-dealkylation sites (tertiary alicyclic amines) is 1. The maximum atomic E-state index is 12.1. The Hall–Kier alpha value is -1.46. The highest BCUT2D eigenvalue weighted by atomic mass is 35.5. The number of nitrogens with zero attached hydrogens (tertiary/aromatic N) is 1. The van der Waals surface area contributed by atoms with E-state index >= 15 is 0 Å². The molecular formula is C18H26ClNO4. The fourth-order valence-corrected chi connectivity index (χ4v) is 2.93. The molecule has 0 bridgehead atoms. The van der Waals surface area contributed by atoms with Crippen LogP contribution in [0.4, 0.5) is 4.79 Å². The molecule has 1 aromatic rings. The van der Waals surface area contributed by atoms with Gasteiger partial charge in [0.05, 0.1) is 11.1 Å². The summed E-state index contributed by atoms with van der Waals surface area (Å²) >= 11 is 6.31. The lowest BCUT2D eigenvalue weighted by molar-refractivity contribution is 0.0126. The van der Waals surface area contributed by atoms with Gasteiger partial charge in [-0.15, -0.1) is 0 Å². The van der Waals surface area contributed by atoms with Crippen molar-refractivity contribution in [3.8, 4) is 5.75 Å². The average molecular weight is 356 g/mol. The van der Waals surface area contributed by atoms with E-state index in [0.29, 0.717) is 42.3 Å². The molecule has 1 atom stereocenters. The van der Waals surface area contributed by atoms with Crippen molar-refractivity contribution in [2.45, 2.75) is 58.3 Å². The number of piperidine rings is 1. The Labute approximate surface area is 148 Å². The average Bonchev–Trinajstić information content (AvgIpc) is 2.48. The lowest BCUT2D eigenvalue weighted by Gasteiger charge is -2.33. The summed E-state index contributed by atoms with van der Waals surface area (Å²) in [6.07, 6.45) is 0.499. The molecule has 1 unspecified atom stereocenters. The van der Waals surface area contributed by atoms with E-state index in [1.165, 1.54) is 0 Å². The van der Waals surface area contributed by atoms with E-state index in [1.807, 2.05) is 26.8 Å². The molecule has 134 valence electrons. The topological polar surface area (TPSA) is 59.0 Å². The molecule has 1 aliphatic rings. The van der Waals surface area contributed by atoms with Crippen LogP contribution in [0.1, 0.15) is 52.2 Å². The van der Waals surface area contributed by atoms with Crippen molar-refractivity contribution >= 4 is 17.7 Å². The van der Waals surface area contributed by atoms with Crippen molar-refractivity contribution < 1.29 is 19.4 Å². The minimum Gasteiger partial charge on any atom is -0.489 e. The van der Waals surface area contributed by atoms with Gasteiger partial charge in [-0.1, -0.05) is 23.7 Å². The zero-order valence-corrected chi connectivity index (χ0v) is 15.5. The van der Waals surface area contributed by atoms with Gasteiger partial charge in [-0.2, -0.15) is 0 Å². The van der Waals surface area contributed by atoms with Gasteiger partial charge in [0.15, 0.2) is 0 Å². The van der Waals surface area contributed by atoms with Crippen LogP contribution in [-0.2, 0) is 4.74 Å². The van der Waals surface area contributed by atoms with Crippen LogP contribution in [0.25, 0.3) is 0 Å². The number of ether oxygens (including phenoxy) is 2. The fourth-order valence-electron chi connectivity index (χ4n) is 2.60. The number of carbonyl (C=O) groups is 1. The Morgan fingerprint density at radius 3 is 2.50 bits per heavy atom. The van der Waals surface area contributed by atoms with Crippen molar-refractivity contribution in [2.75, 3.05) is 13.1 Å². The standard InChI is InChI=1S/C18H26ClNO4/c1-12(21)14-6-5-7-15(16(14)19)23-13-8-10-20(11-9-13)17(22)24-18(2,3)4/h5-7,12-13,21H,8-11H2,1-4H3. The van der Waals surface area contributed by atoms with Gasteiger partial charge in [-0.25, -0.2) is 4.79 Å². The van der Waals surface area contributed by atoms with Crippen LogP contribution in [-0.4, -0.2) is 40.9 Å². The molecule has 1 fully saturated rings. The number of carbonyl (C=O) groups excluding carboxylic acids is 1. The first-order valence-corrected chi connectivity index (χ1v) is 8.66. The van der Waals surface area contributed by atoms with Crippen molar-refractivity contribution in [2.24, 2.45) is 0 Å². The van der Waals surface area contributed by atoms with Gasteiger partial charge in [-0.3, -0.25) is 0 Å². The highest BCUT2D eigenvalue weighted by Crippen LogP contribution is 2.33. The number of halogens is 1. The molecule has 0 saturated carbocycles. The minimum absolute atomic E-state index is 0.00886. The number of hydrogen-bond acceptors (Lipinski definition) is 4. The third kappa shape index (κ3) is 5.02. The Balaban J connectivity index is 1.92. The van der Waals surface area contributed by atoms with Gasteiger partial charge < -0.3 is 19.5 Å². The van der Waals surface area contributed by atoms with Gasteiger partial charge in [0.2, 0.25) is 0 Å². The van der Waals surface area contributed by atoms with E-state index in [9.17, 15) is 9.90 Å². The lowest BCUT2D eigenvalue weighted by atomic mass is 10.1. The molecule has 5 nitrogen and oxygen atoms in total. The van der Waals surface area contributed by atoms with E-state index in [1.54, 1.807) is 24.0 Å². The van der Waals surface area contributed by atoms with E-state index in [4.69, 9.17) is 21.1 Å². The van der Waals surface area contributed by atoms with Gasteiger partial charge in [0, 0.05) is 31.5 Å². The molecule has 1 aromatic carbocycles. The highest BCUT2D eigenvalue weighted by molar-refractivity contribution is 6.32. The third-order valence-corrected chi connectivity index (χ3v) is 4.24. The van der Waals surface area contributed by atoms with E-state index in [0.717, 1.165) is 0 Å². The van der Waals surface area contributed by atoms with Crippen molar-refractivity contribution in [3.05, 3.63) is 28.8 Å². The summed E-state index contributed by atoms with van der Waals surface area (Å²) in [7, 11) is 0. The summed E-state index contributed by atoms with van der Waals surface area (Å²) < 4.78 is 11.4. The molecule has 6 heteroatoms. The highest BCUT2D eigenvalue weighted by Gasteiger charge is 2.28. The van der Waals surface area contributed by atoms with E-state index in [2.05, 4.69) is 0 Å². The van der Waals surface area contributed by atoms with Gasteiger partial charge in [0.1, 0.15) is 17.5 Å². The number of aliphatic hydroxyl groups excluding tert-OH is 1. The molecule has 1 N–H and O–H groups in total. The van der Waals surface area contributed by atoms with Crippen LogP contribution >= 0.6 is 11.6 Å². The zero-order chi connectivity index (χ0) is 17.9. The molecule has 0 aromatic heterocycles. The zero-order valence-electron chi connectivity index (χ0n) is 14.7. The Bertz CT molecular complexity index is 575. The Kier molecular flexibility index (Phi) is 5.99.